The molecule has 0 radical (unpaired) electrons. The van der Waals surface area contributed by atoms with Gasteiger partial charge in [0.15, 0.2) is 15.6 Å². The van der Waals surface area contributed by atoms with Crippen LogP contribution in [0.15, 0.2) is 53.0 Å². The number of ketones is 1. The Balaban J connectivity index is 2.12. The Morgan fingerprint density at radius 1 is 1.05 bits per heavy atom. The average Bonchev–Trinajstić information content (AvgIpc) is 2.41. The fourth-order valence-electron chi connectivity index (χ4n) is 1.82. The monoisotopic (exact) mass is 386 g/mol. The van der Waals surface area contributed by atoms with Crippen molar-refractivity contribution in [1.82, 2.24) is 0 Å². The standard InChI is InChI=1S/C15H12BrClO3S/c16-13-7-5-11(6-8-13)15(18)10-21(19,20)9-12-3-1-2-4-14(12)17/h1-8H,9-10H2. The van der Waals surface area contributed by atoms with Crippen molar-refractivity contribution in [3.05, 3.63) is 69.2 Å². The van der Waals surface area contributed by atoms with E-state index in [1.807, 2.05) is 0 Å². The number of hydrogen-bond acceptors (Lipinski definition) is 3. The van der Waals surface area contributed by atoms with Crippen molar-refractivity contribution < 1.29 is 13.2 Å². The summed E-state index contributed by atoms with van der Waals surface area (Å²) < 4.78 is 25.1. The van der Waals surface area contributed by atoms with E-state index >= 15 is 0 Å². The van der Waals surface area contributed by atoms with Gasteiger partial charge in [-0.05, 0) is 23.8 Å². The van der Waals surface area contributed by atoms with Crippen molar-refractivity contribution in [2.75, 3.05) is 5.75 Å². The number of rotatable bonds is 5. The molecule has 0 aliphatic rings. The van der Waals surface area contributed by atoms with Gasteiger partial charge in [0.25, 0.3) is 0 Å². The summed E-state index contributed by atoms with van der Waals surface area (Å²) in [4.78, 5) is 12.0. The molecule has 0 fully saturated rings. The molecular formula is C15H12BrClO3S. The molecule has 0 amide bonds. The first-order valence-electron chi connectivity index (χ1n) is 6.10. The van der Waals surface area contributed by atoms with Crippen molar-refractivity contribution >= 4 is 43.2 Å². The number of sulfone groups is 1. The Labute approximate surface area is 137 Å². The molecule has 0 aromatic heterocycles. The van der Waals surface area contributed by atoms with Crippen LogP contribution >= 0.6 is 27.5 Å². The van der Waals surface area contributed by atoms with Gasteiger partial charge in [0.1, 0.15) is 5.75 Å². The third kappa shape index (κ3) is 4.66. The molecule has 0 aliphatic carbocycles. The second kappa shape index (κ2) is 6.73. The summed E-state index contributed by atoms with van der Waals surface area (Å²) in [5, 5.41) is 0.386. The topological polar surface area (TPSA) is 51.2 Å². The fraction of sp³-hybridized carbons (Fsp3) is 0.133. The molecule has 0 heterocycles. The molecule has 0 bridgehead atoms. The fourth-order valence-corrected chi connectivity index (χ4v) is 3.76. The molecule has 0 spiro atoms. The van der Waals surface area contributed by atoms with Crippen LogP contribution in [0, 0.1) is 0 Å². The molecule has 2 aromatic rings. The van der Waals surface area contributed by atoms with Gasteiger partial charge in [0.05, 0.1) is 5.75 Å². The van der Waals surface area contributed by atoms with Crippen LogP contribution in [-0.2, 0) is 15.6 Å². The molecule has 0 unspecified atom stereocenters. The second-order valence-corrected chi connectivity index (χ2v) is 7.94. The summed E-state index contributed by atoms with van der Waals surface area (Å²) in [5.41, 5.74) is 0.878. The predicted octanol–water partition coefficient (Wildman–Crippen LogP) is 3.90. The summed E-state index contributed by atoms with van der Waals surface area (Å²) in [7, 11) is -3.56. The highest BCUT2D eigenvalue weighted by molar-refractivity contribution is 9.10. The van der Waals surface area contributed by atoms with Crippen molar-refractivity contribution in [2.24, 2.45) is 0 Å². The molecule has 0 N–H and O–H groups in total. The number of Topliss-reactive ketones (excluding diaryl/α,β-unsaturated/α-hetero) is 1. The minimum absolute atomic E-state index is 0.241. The van der Waals surface area contributed by atoms with Gasteiger partial charge in [-0.15, -0.1) is 0 Å². The molecule has 0 aliphatic heterocycles. The van der Waals surface area contributed by atoms with Gasteiger partial charge in [0.2, 0.25) is 0 Å². The normalized spacial score (nSPS) is 11.3. The molecule has 2 aromatic carbocycles. The SMILES string of the molecule is O=C(CS(=O)(=O)Cc1ccccc1Cl)c1ccc(Br)cc1. The lowest BCUT2D eigenvalue weighted by Gasteiger charge is -2.06. The van der Waals surface area contributed by atoms with E-state index in [4.69, 9.17) is 11.6 Å². The van der Waals surface area contributed by atoms with Gasteiger partial charge in [-0.25, -0.2) is 8.42 Å². The van der Waals surface area contributed by atoms with Gasteiger partial charge in [-0.2, -0.15) is 0 Å². The van der Waals surface area contributed by atoms with Crippen LogP contribution in [0.25, 0.3) is 0 Å². The van der Waals surface area contributed by atoms with Crippen molar-refractivity contribution in [1.29, 1.82) is 0 Å². The summed E-state index contributed by atoms with van der Waals surface area (Å²) in [6.45, 7) is 0. The van der Waals surface area contributed by atoms with Crippen molar-refractivity contribution in [3.8, 4) is 0 Å². The molecule has 6 heteroatoms. The third-order valence-corrected chi connectivity index (χ3v) is 5.20. The lowest BCUT2D eigenvalue weighted by Crippen LogP contribution is -2.18. The highest BCUT2D eigenvalue weighted by Gasteiger charge is 2.19. The lowest BCUT2D eigenvalue weighted by molar-refractivity contribution is 0.102. The Kier molecular flexibility index (Phi) is 5.19. The van der Waals surface area contributed by atoms with Crippen LogP contribution in [0.4, 0.5) is 0 Å². The number of carbonyl (C=O) groups excluding carboxylic acids is 1. The average molecular weight is 388 g/mol. The first kappa shape index (κ1) is 16.2. The molecule has 0 saturated heterocycles. The van der Waals surface area contributed by atoms with E-state index in [2.05, 4.69) is 15.9 Å². The van der Waals surface area contributed by atoms with Gasteiger partial charge >= 0.3 is 0 Å². The summed E-state index contributed by atoms with van der Waals surface area (Å²) in [6.07, 6.45) is 0. The zero-order chi connectivity index (χ0) is 15.5. The van der Waals surface area contributed by atoms with E-state index in [9.17, 15) is 13.2 Å². The predicted molar refractivity (Wildman–Crippen MR) is 87.4 cm³/mol. The maximum atomic E-state index is 12.1. The van der Waals surface area contributed by atoms with Crippen molar-refractivity contribution in [2.45, 2.75) is 5.75 Å². The molecule has 21 heavy (non-hydrogen) atoms. The largest absolute Gasteiger partial charge is 0.293 e. The molecular weight excluding hydrogens is 376 g/mol. The van der Waals surface area contributed by atoms with Crippen LogP contribution in [-0.4, -0.2) is 20.0 Å². The minimum atomic E-state index is -3.56. The van der Waals surface area contributed by atoms with Gasteiger partial charge in [0, 0.05) is 15.1 Å². The van der Waals surface area contributed by atoms with E-state index in [-0.39, 0.29) is 5.75 Å². The highest BCUT2D eigenvalue weighted by atomic mass is 79.9. The van der Waals surface area contributed by atoms with E-state index in [1.165, 1.54) is 0 Å². The maximum Gasteiger partial charge on any atom is 0.177 e. The third-order valence-electron chi connectivity index (χ3n) is 2.85. The van der Waals surface area contributed by atoms with Crippen LogP contribution in [0.3, 0.4) is 0 Å². The lowest BCUT2D eigenvalue weighted by atomic mass is 10.2. The van der Waals surface area contributed by atoms with Gasteiger partial charge in [-0.1, -0.05) is 57.9 Å². The molecule has 2 rings (SSSR count). The second-order valence-electron chi connectivity index (χ2n) is 4.55. The number of hydrogen-bond donors (Lipinski definition) is 0. The first-order valence-corrected chi connectivity index (χ1v) is 9.09. The smallest absolute Gasteiger partial charge is 0.177 e. The van der Waals surface area contributed by atoms with Crippen LogP contribution in [0.2, 0.25) is 5.02 Å². The summed E-state index contributed by atoms with van der Waals surface area (Å²) in [5.74, 6) is -1.19. The quantitative estimate of drug-likeness (QED) is 0.731. The highest BCUT2D eigenvalue weighted by Crippen LogP contribution is 2.19. The Morgan fingerprint density at radius 2 is 1.67 bits per heavy atom. The zero-order valence-electron chi connectivity index (χ0n) is 10.9. The Morgan fingerprint density at radius 3 is 2.29 bits per heavy atom. The molecule has 0 atom stereocenters. The van der Waals surface area contributed by atoms with Crippen LogP contribution < -0.4 is 0 Å². The van der Waals surface area contributed by atoms with E-state index < -0.39 is 21.4 Å². The summed E-state index contributed by atoms with van der Waals surface area (Å²) >= 11 is 9.21. The first-order chi connectivity index (χ1) is 9.87. The number of carbonyl (C=O) groups is 1. The van der Waals surface area contributed by atoms with Gasteiger partial charge in [-0.3, -0.25) is 4.79 Å². The van der Waals surface area contributed by atoms with E-state index in [0.29, 0.717) is 16.1 Å². The molecule has 3 nitrogen and oxygen atoms in total. The number of halogens is 2. The van der Waals surface area contributed by atoms with Crippen LogP contribution in [0.5, 0.6) is 0 Å². The zero-order valence-corrected chi connectivity index (χ0v) is 14.1. The number of benzene rings is 2. The maximum absolute atomic E-state index is 12.1. The molecule has 110 valence electrons. The molecule has 0 saturated carbocycles. The Hall–Kier alpha value is -1.17. The summed E-state index contributed by atoms with van der Waals surface area (Å²) in [6, 6.07) is 13.3. The van der Waals surface area contributed by atoms with E-state index in [1.54, 1.807) is 48.5 Å². The minimum Gasteiger partial charge on any atom is -0.293 e. The van der Waals surface area contributed by atoms with Crippen molar-refractivity contribution in [3.63, 3.8) is 0 Å². The Bertz CT molecular complexity index is 755. The van der Waals surface area contributed by atoms with Gasteiger partial charge < -0.3 is 0 Å². The van der Waals surface area contributed by atoms with Crippen LogP contribution in [0.1, 0.15) is 15.9 Å². The van der Waals surface area contributed by atoms with E-state index in [0.717, 1.165) is 4.47 Å².